The minimum absolute atomic E-state index is 0.114. The molecule has 0 saturated carbocycles. The fraction of sp³-hybridized carbons (Fsp3) is 0.318. The normalized spacial score (nSPS) is 19.2. The largest absolute Gasteiger partial charge is 0.363 e. The molecule has 8 heteroatoms. The summed E-state index contributed by atoms with van der Waals surface area (Å²) in [4.78, 5) is 30.8. The summed E-state index contributed by atoms with van der Waals surface area (Å²) in [7, 11) is 0. The number of halogens is 1. The van der Waals surface area contributed by atoms with Gasteiger partial charge in [-0.1, -0.05) is 19.0 Å². The molecule has 2 amide bonds. The zero-order valence-electron chi connectivity index (χ0n) is 16.8. The van der Waals surface area contributed by atoms with Crippen LogP contribution < -0.4 is 5.32 Å². The third-order valence-electron chi connectivity index (χ3n) is 5.19. The fourth-order valence-corrected chi connectivity index (χ4v) is 3.69. The predicted octanol–water partition coefficient (Wildman–Crippen LogP) is 3.54. The summed E-state index contributed by atoms with van der Waals surface area (Å²) >= 11 is 0. The average molecular weight is 410 g/mol. The monoisotopic (exact) mass is 410 g/mol. The second-order valence-electron chi connectivity index (χ2n) is 7.87. The number of aromatic nitrogens is 2. The zero-order valence-corrected chi connectivity index (χ0v) is 16.8. The second-order valence-corrected chi connectivity index (χ2v) is 7.87. The Bertz CT molecular complexity index is 1030. The van der Waals surface area contributed by atoms with E-state index in [2.05, 4.69) is 15.5 Å². The van der Waals surface area contributed by atoms with Gasteiger partial charge in [-0.25, -0.2) is 4.39 Å². The molecule has 1 aliphatic rings. The smallest absolute Gasteiger partial charge is 0.276 e. The Morgan fingerprint density at radius 3 is 2.73 bits per heavy atom. The van der Waals surface area contributed by atoms with Gasteiger partial charge in [0, 0.05) is 30.1 Å². The summed E-state index contributed by atoms with van der Waals surface area (Å²) in [6.45, 7) is 4.34. The van der Waals surface area contributed by atoms with Crippen LogP contribution in [0.5, 0.6) is 0 Å². The quantitative estimate of drug-likeness (QED) is 0.673. The van der Waals surface area contributed by atoms with Gasteiger partial charge in [-0.05, 0) is 48.7 Å². The molecular formula is C22H23FN4O3. The van der Waals surface area contributed by atoms with Crippen molar-refractivity contribution in [2.45, 2.75) is 32.4 Å². The molecule has 1 fully saturated rings. The zero-order chi connectivity index (χ0) is 21.3. The van der Waals surface area contributed by atoms with E-state index in [9.17, 15) is 14.0 Å². The average Bonchev–Trinajstić information content (AvgIpc) is 3.41. The number of carbonyl (C=O) groups is 2. The number of benzene rings is 1. The topological polar surface area (TPSA) is 91.2 Å². The molecule has 0 aliphatic carbocycles. The summed E-state index contributed by atoms with van der Waals surface area (Å²) in [5.41, 5.74) is 1.56. The van der Waals surface area contributed by atoms with Gasteiger partial charge in [0.15, 0.2) is 11.5 Å². The molecule has 0 bridgehead atoms. The molecule has 1 unspecified atom stereocenters. The third kappa shape index (κ3) is 3.98. The van der Waals surface area contributed by atoms with Gasteiger partial charge in [0.05, 0.1) is 6.04 Å². The summed E-state index contributed by atoms with van der Waals surface area (Å²) in [6.07, 6.45) is 2.32. The molecule has 0 radical (unpaired) electrons. The lowest BCUT2D eigenvalue weighted by Crippen LogP contribution is -2.58. The number of H-pyrrole nitrogens is 1. The summed E-state index contributed by atoms with van der Waals surface area (Å²) in [6, 6.07) is 10.1. The van der Waals surface area contributed by atoms with Crippen LogP contribution in [0, 0.1) is 11.7 Å². The van der Waals surface area contributed by atoms with E-state index in [1.807, 2.05) is 26.0 Å². The number of amides is 2. The first-order valence-electron chi connectivity index (χ1n) is 9.89. The molecule has 3 aromatic rings. The maximum atomic E-state index is 13.3. The highest BCUT2D eigenvalue weighted by atomic mass is 19.1. The van der Waals surface area contributed by atoms with Gasteiger partial charge in [-0.3, -0.25) is 9.59 Å². The Kier molecular flexibility index (Phi) is 5.39. The molecule has 4 rings (SSSR count). The highest BCUT2D eigenvalue weighted by molar-refractivity contribution is 5.97. The molecule has 156 valence electrons. The molecular weight excluding hydrogens is 387 g/mol. The van der Waals surface area contributed by atoms with Crippen molar-refractivity contribution in [2.75, 3.05) is 6.54 Å². The molecule has 1 saturated heterocycles. The van der Waals surface area contributed by atoms with Gasteiger partial charge in [-0.15, -0.1) is 0 Å². The number of nitrogens with zero attached hydrogens (tertiary/aromatic N) is 2. The van der Waals surface area contributed by atoms with Crippen LogP contribution in [-0.2, 0) is 4.79 Å². The number of hydrogen-bond donors (Lipinski definition) is 2. The van der Waals surface area contributed by atoms with Crippen LogP contribution in [0.2, 0.25) is 0 Å². The first-order valence-corrected chi connectivity index (χ1v) is 9.89. The Labute approximate surface area is 173 Å². The van der Waals surface area contributed by atoms with Crippen LogP contribution >= 0.6 is 0 Å². The van der Waals surface area contributed by atoms with E-state index in [0.717, 1.165) is 5.69 Å². The first-order chi connectivity index (χ1) is 14.4. The summed E-state index contributed by atoms with van der Waals surface area (Å²) in [5, 5.41) is 6.92. The second kappa shape index (κ2) is 8.14. The fourth-order valence-electron chi connectivity index (χ4n) is 3.69. The number of aromatic amines is 1. The Morgan fingerprint density at radius 2 is 2.07 bits per heavy atom. The standard InChI is InChI=1S/C22H23FN4O3/c1-13(2)10-19-21(28)25-18(16-4-3-9-24-16)12-27(19)22(29)17-11-20(30-26-17)14-5-7-15(23)8-6-14/h3-9,11,13,18-19,24H,10,12H2,1-2H3,(H,25,28)/t18-,19?/m0/s1. The maximum Gasteiger partial charge on any atom is 0.276 e. The van der Waals surface area contributed by atoms with Crippen LogP contribution in [0.4, 0.5) is 4.39 Å². The summed E-state index contributed by atoms with van der Waals surface area (Å²) < 4.78 is 18.5. The Balaban J connectivity index is 1.61. The van der Waals surface area contributed by atoms with Crippen LogP contribution in [0.15, 0.2) is 53.2 Å². The number of rotatable bonds is 5. The van der Waals surface area contributed by atoms with Crippen molar-refractivity contribution in [1.29, 1.82) is 0 Å². The van der Waals surface area contributed by atoms with Crippen molar-refractivity contribution >= 4 is 11.8 Å². The lowest BCUT2D eigenvalue weighted by Gasteiger charge is -2.39. The lowest BCUT2D eigenvalue weighted by molar-refractivity contribution is -0.130. The third-order valence-corrected chi connectivity index (χ3v) is 5.19. The van der Waals surface area contributed by atoms with Crippen LogP contribution in [0.25, 0.3) is 11.3 Å². The molecule has 2 atom stereocenters. The molecule has 1 aliphatic heterocycles. The van der Waals surface area contributed by atoms with Gasteiger partial charge < -0.3 is 19.7 Å². The van der Waals surface area contributed by atoms with Crippen molar-refractivity contribution in [2.24, 2.45) is 5.92 Å². The first kappa shape index (κ1) is 19.9. The van der Waals surface area contributed by atoms with Crippen molar-refractivity contribution in [3.05, 3.63) is 65.9 Å². The van der Waals surface area contributed by atoms with E-state index in [1.165, 1.54) is 18.2 Å². The van der Waals surface area contributed by atoms with Crippen molar-refractivity contribution in [3.8, 4) is 11.3 Å². The lowest BCUT2D eigenvalue weighted by atomic mass is 9.97. The van der Waals surface area contributed by atoms with Gasteiger partial charge in [0.25, 0.3) is 5.91 Å². The Morgan fingerprint density at radius 1 is 1.30 bits per heavy atom. The maximum absolute atomic E-state index is 13.3. The van der Waals surface area contributed by atoms with E-state index in [0.29, 0.717) is 24.3 Å². The van der Waals surface area contributed by atoms with Crippen molar-refractivity contribution in [3.63, 3.8) is 0 Å². The van der Waals surface area contributed by atoms with E-state index < -0.39 is 6.04 Å². The van der Waals surface area contributed by atoms with E-state index in [1.54, 1.807) is 23.2 Å². The molecule has 30 heavy (non-hydrogen) atoms. The van der Waals surface area contributed by atoms with Crippen LogP contribution in [0.3, 0.4) is 0 Å². The SMILES string of the molecule is CC(C)CC1C(=O)N[C@H](c2ccc[nH]2)CN1C(=O)c1cc(-c2ccc(F)cc2)on1. The highest BCUT2D eigenvalue weighted by Gasteiger charge is 2.39. The minimum atomic E-state index is -0.588. The Hall–Kier alpha value is -3.42. The van der Waals surface area contributed by atoms with Crippen LogP contribution in [-0.4, -0.2) is 39.4 Å². The van der Waals surface area contributed by atoms with E-state index in [4.69, 9.17) is 4.52 Å². The molecule has 2 aromatic heterocycles. The molecule has 1 aromatic carbocycles. The van der Waals surface area contributed by atoms with Gasteiger partial charge in [0.2, 0.25) is 5.91 Å². The summed E-state index contributed by atoms with van der Waals surface area (Å²) in [5.74, 6) is -0.332. The van der Waals surface area contributed by atoms with E-state index in [-0.39, 0.29) is 35.3 Å². The molecule has 7 nitrogen and oxygen atoms in total. The number of hydrogen-bond acceptors (Lipinski definition) is 4. The van der Waals surface area contributed by atoms with Gasteiger partial charge in [0.1, 0.15) is 11.9 Å². The minimum Gasteiger partial charge on any atom is -0.363 e. The molecule has 2 N–H and O–H groups in total. The predicted molar refractivity (Wildman–Crippen MR) is 108 cm³/mol. The van der Waals surface area contributed by atoms with Crippen LogP contribution in [0.1, 0.15) is 42.5 Å². The number of piperazine rings is 1. The highest BCUT2D eigenvalue weighted by Crippen LogP contribution is 2.26. The number of nitrogens with one attached hydrogen (secondary N) is 2. The van der Waals surface area contributed by atoms with E-state index >= 15 is 0 Å². The van der Waals surface area contributed by atoms with Gasteiger partial charge >= 0.3 is 0 Å². The number of carbonyl (C=O) groups excluding carboxylic acids is 2. The van der Waals surface area contributed by atoms with Gasteiger partial charge in [-0.2, -0.15) is 0 Å². The van der Waals surface area contributed by atoms with Crippen molar-refractivity contribution in [1.82, 2.24) is 20.4 Å². The van der Waals surface area contributed by atoms with Crippen molar-refractivity contribution < 1.29 is 18.5 Å². The molecule has 3 heterocycles. The molecule has 0 spiro atoms.